The van der Waals surface area contributed by atoms with Gasteiger partial charge in [0.1, 0.15) is 5.82 Å². The Kier molecular flexibility index (Phi) is 4.97. The molecule has 106 valence electrons. The molecule has 0 unspecified atom stereocenters. The molecule has 0 radical (unpaired) electrons. The van der Waals surface area contributed by atoms with Crippen molar-refractivity contribution in [2.75, 3.05) is 26.4 Å². The molecule has 0 aliphatic heterocycles. The number of carbonyl (C=O) groups excluding carboxylic acids is 1. The van der Waals surface area contributed by atoms with E-state index >= 15 is 0 Å². The highest BCUT2D eigenvalue weighted by molar-refractivity contribution is 6.05. The Labute approximate surface area is 115 Å². The molecule has 2 aromatic rings. The molecule has 0 fully saturated rings. The number of fused-ring (bicyclic) bond motifs is 1. The molecule has 0 bridgehead atoms. The van der Waals surface area contributed by atoms with Gasteiger partial charge in [-0.1, -0.05) is 6.07 Å². The topological polar surface area (TPSA) is 71.5 Å². The molecule has 0 aliphatic rings. The molecule has 2 rings (SSSR count). The second-order valence-electron chi connectivity index (χ2n) is 4.12. The highest BCUT2D eigenvalue weighted by Gasteiger charge is 2.12. The van der Waals surface area contributed by atoms with Gasteiger partial charge < -0.3 is 15.2 Å². The van der Waals surface area contributed by atoms with E-state index in [-0.39, 0.29) is 31.9 Å². The molecule has 2 N–H and O–H groups in total. The van der Waals surface area contributed by atoms with Crippen LogP contribution in [0.2, 0.25) is 0 Å². The average molecular weight is 278 g/mol. The lowest BCUT2D eigenvalue weighted by Crippen LogP contribution is -2.28. The Hall–Kier alpha value is -2.05. The predicted molar refractivity (Wildman–Crippen MR) is 71.9 cm³/mol. The van der Waals surface area contributed by atoms with E-state index in [1.165, 1.54) is 12.1 Å². The Bertz CT molecular complexity index is 604. The average Bonchev–Trinajstić information content (AvgIpc) is 2.46. The van der Waals surface area contributed by atoms with Crippen molar-refractivity contribution < 1.29 is 19.0 Å². The number of halogens is 1. The molecule has 6 heteroatoms. The molecule has 0 aliphatic carbocycles. The largest absolute Gasteiger partial charge is 0.394 e. The minimum atomic E-state index is -0.479. The van der Waals surface area contributed by atoms with E-state index in [4.69, 9.17) is 9.84 Å². The maximum atomic E-state index is 13.5. The van der Waals surface area contributed by atoms with Gasteiger partial charge in [0.25, 0.3) is 5.91 Å². The van der Waals surface area contributed by atoms with Gasteiger partial charge in [-0.05, 0) is 18.2 Å². The number of carbonyl (C=O) groups is 1. The maximum Gasteiger partial charge on any atom is 0.253 e. The van der Waals surface area contributed by atoms with Gasteiger partial charge in [0.2, 0.25) is 0 Å². The van der Waals surface area contributed by atoms with E-state index in [1.54, 1.807) is 18.3 Å². The van der Waals surface area contributed by atoms with E-state index in [9.17, 15) is 9.18 Å². The molecule has 0 saturated carbocycles. The van der Waals surface area contributed by atoms with Crippen LogP contribution in [-0.4, -0.2) is 42.4 Å². The summed E-state index contributed by atoms with van der Waals surface area (Å²) in [5.41, 5.74) is 0.658. The Balaban J connectivity index is 2.09. The predicted octanol–water partition coefficient (Wildman–Crippen LogP) is 1.11. The number of amides is 1. The van der Waals surface area contributed by atoms with E-state index in [2.05, 4.69) is 10.3 Å². The van der Waals surface area contributed by atoms with Gasteiger partial charge >= 0.3 is 0 Å². The zero-order valence-electron chi connectivity index (χ0n) is 10.8. The number of aromatic nitrogens is 1. The van der Waals surface area contributed by atoms with Crippen LogP contribution in [0.5, 0.6) is 0 Å². The number of nitrogens with zero attached hydrogens (tertiary/aromatic N) is 1. The number of hydrogen-bond acceptors (Lipinski definition) is 4. The molecule has 1 heterocycles. The molecule has 1 aromatic carbocycles. The lowest BCUT2D eigenvalue weighted by atomic mass is 10.1. The van der Waals surface area contributed by atoms with Gasteiger partial charge in [0, 0.05) is 18.1 Å². The minimum absolute atomic E-state index is 0.0631. The highest BCUT2D eigenvalue weighted by atomic mass is 19.1. The summed E-state index contributed by atoms with van der Waals surface area (Å²) < 4.78 is 18.5. The van der Waals surface area contributed by atoms with Crippen LogP contribution >= 0.6 is 0 Å². The van der Waals surface area contributed by atoms with Gasteiger partial charge in [-0.15, -0.1) is 0 Å². The fourth-order valence-electron chi connectivity index (χ4n) is 1.83. The van der Waals surface area contributed by atoms with Crippen molar-refractivity contribution >= 4 is 16.8 Å². The van der Waals surface area contributed by atoms with Crippen molar-refractivity contribution in [2.45, 2.75) is 0 Å². The minimum Gasteiger partial charge on any atom is -0.394 e. The highest BCUT2D eigenvalue weighted by Crippen LogP contribution is 2.18. The van der Waals surface area contributed by atoms with Crippen molar-refractivity contribution in [3.63, 3.8) is 0 Å². The summed E-state index contributed by atoms with van der Waals surface area (Å²) in [6.45, 7) is 0.726. The number of ether oxygens (including phenoxy) is 1. The van der Waals surface area contributed by atoms with E-state index in [1.807, 2.05) is 0 Å². The van der Waals surface area contributed by atoms with Crippen LogP contribution in [0.15, 0.2) is 30.5 Å². The number of benzene rings is 1. The fourth-order valence-corrected chi connectivity index (χ4v) is 1.83. The quantitative estimate of drug-likeness (QED) is 0.777. The molecule has 1 amide bonds. The summed E-state index contributed by atoms with van der Waals surface area (Å²) in [5.74, 6) is -0.882. The molecule has 1 aromatic heterocycles. The summed E-state index contributed by atoms with van der Waals surface area (Å²) in [7, 11) is 0. The normalized spacial score (nSPS) is 10.7. The van der Waals surface area contributed by atoms with Gasteiger partial charge in [0.05, 0.1) is 30.9 Å². The van der Waals surface area contributed by atoms with Crippen LogP contribution in [0, 0.1) is 5.82 Å². The Morgan fingerprint density at radius 1 is 1.40 bits per heavy atom. The summed E-state index contributed by atoms with van der Waals surface area (Å²) >= 11 is 0. The van der Waals surface area contributed by atoms with Gasteiger partial charge in [0.15, 0.2) is 0 Å². The third-order valence-corrected chi connectivity index (χ3v) is 2.68. The van der Waals surface area contributed by atoms with E-state index < -0.39 is 11.7 Å². The van der Waals surface area contributed by atoms with Crippen molar-refractivity contribution in [3.8, 4) is 0 Å². The first-order valence-corrected chi connectivity index (χ1v) is 6.23. The van der Waals surface area contributed by atoms with Crippen LogP contribution in [0.4, 0.5) is 4.39 Å². The molecule has 0 saturated heterocycles. The Morgan fingerprint density at radius 3 is 3.05 bits per heavy atom. The van der Waals surface area contributed by atoms with Crippen LogP contribution in [0.25, 0.3) is 10.9 Å². The number of aliphatic hydroxyl groups excluding tert-OH is 1. The van der Waals surface area contributed by atoms with Crippen molar-refractivity contribution in [1.29, 1.82) is 0 Å². The zero-order valence-corrected chi connectivity index (χ0v) is 10.8. The number of rotatable bonds is 6. The standard InChI is InChI=1S/C14H15FN2O3/c15-11-8-10-2-1-3-16-13(10)12(9-11)14(19)17-4-6-20-7-5-18/h1-3,8-9,18H,4-7H2,(H,17,19). The molecule has 20 heavy (non-hydrogen) atoms. The lowest BCUT2D eigenvalue weighted by Gasteiger charge is -2.08. The van der Waals surface area contributed by atoms with E-state index in [0.717, 1.165) is 0 Å². The fraction of sp³-hybridized carbons (Fsp3) is 0.286. The first kappa shape index (κ1) is 14.4. The summed E-state index contributed by atoms with van der Waals surface area (Å²) in [5, 5.41) is 11.7. The molecule has 0 spiro atoms. The lowest BCUT2D eigenvalue weighted by molar-refractivity contribution is 0.0838. The first-order valence-electron chi connectivity index (χ1n) is 6.23. The number of aliphatic hydroxyl groups is 1. The van der Waals surface area contributed by atoms with Gasteiger partial charge in [-0.3, -0.25) is 9.78 Å². The maximum absolute atomic E-state index is 13.5. The number of pyridine rings is 1. The third-order valence-electron chi connectivity index (χ3n) is 2.68. The van der Waals surface area contributed by atoms with Crippen LogP contribution < -0.4 is 5.32 Å². The SMILES string of the molecule is O=C(NCCOCCO)c1cc(F)cc2cccnc12. The van der Waals surface area contributed by atoms with E-state index in [0.29, 0.717) is 10.9 Å². The number of nitrogens with one attached hydrogen (secondary N) is 1. The molecular formula is C14H15FN2O3. The van der Waals surface area contributed by atoms with Crippen LogP contribution in [0.1, 0.15) is 10.4 Å². The Morgan fingerprint density at radius 2 is 2.25 bits per heavy atom. The second-order valence-corrected chi connectivity index (χ2v) is 4.12. The first-order chi connectivity index (χ1) is 9.72. The zero-order chi connectivity index (χ0) is 14.4. The summed E-state index contributed by atoms with van der Waals surface area (Å²) in [6.07, 6.45) is 1.56. The smallest absolute Gasteiger partial charge is 0.253 e. The van der Waals surface area contributed by atoms with Crippen LogP contribution in [-0.2, 0) is 4.74 Å². The van der Waals surface area contributed by atoms with Gasteiger partial charge in [-0.2, -0.15) is 0 Å². The van der Waals surface area contributed by atoms with Gasteiger partial charge in [-0.25, -0.2) is 4.39 Å². The van der Waals surface area contributed by atoms with Crippen molar-refractivity contribution in [3.05, 3.63) is 41.8 Å². The van der Waals surface area contributed by atoms with Crippen molar-refractivity contribution in [1.82, 2.24) is 10.3 Å². The molecule has 0 atom stereocenters. The molecule has 5 nitrogen and oxygen atoms in total. The monoisotopic (exact) mass is 278 g/mol. The molecular weight excluding hydrogens is 263 g/mol. The van der Waals surface area contributed by atoms with Crippen molar-refractivity contribution in [2.24, 2.45) is 0 Å². The number of hydrogen-bond donors (Lipinski definition) is 2. The second kappa shape index (κ2) is 6.93. The summed E-state index contributed by atoms with van der Waals surface area (Å²) in [4.78, 5) is 16.1. The third kappa shape index (κ3) is 3.49. The summed E-state index contributed by atoms with van der Waals surface area (Å²) in [6, 6.07) is 5.89. The van der Waals surface area contributed by atoms with Crippen LogP contribution in [0.3, 0.4) is 0 Å².